The number of ether oxygens (including phenoxy) is 1. The lowest BCUT2D eigenvalue weighted by Crippen LogP contribution is -2.40. The van der Waals surface area contributed by atoms with Crippen LogP contribution in [0.15, 0.2) is 12.4 Å². The Labute approximate surface area is 111 Å². The molecule has 2 aliphatic heterocycles. The van der Waals surface area contributed by atoms with Crippen LogP contribution in [0.25, 0.3) is 0 Å². The van der Waals surface area contributed by atoms with Crippen molar-refractivity contribution >= 4 is 11.8 Å². The molecule has 2 bridgehead atoms. The molecule has 2 aliphatic rings. The van der Waals surface area contributed by atoms with Gasteiger partial charge in [-0.2, -0.15) is 11.8 Å². The van der Waals surface area contributed by atoms with Gasteiger partial charge in [0, 0.05) is 28.5 Å². The van der Waals surface area contributed by atoms with Gasteiger partial charge in [0.25, 0.3) is 0 Å². The monoisotopic (exact) mass is 266 g/mol. The van der Waals surface area contributed by atoms with Gasteiger partial charge in [-0.1, -0.05) is 6.42 Å². The van der Waals surface area contributed by atoms with Crippen LogP contribution < -0.4 is 4.74 Å². The van der Waals surface area contributed by atoms with Gasteiger partial charge in [-0.25, -0.2) is 9.97 Å². The second kappa shape index (κ2) is 4.70. The van der Waals surface area contributed by atoms with E-state index in [0.29, 0.717) is 16.5 Å². The first-order chi connectivity index (χ1) is 8.69. The van der Waals surface area contributed by atoms with Crippen molar-refractivity contribution in [3.63, 3.8) is 0 Å². The zero-order valence-corrected chi connectivity index (χ0v) is 11.3. The van der Waals surface area contributed by atoms with E-state index in [9.17, 15) is 5.11 Å². The number of fused-ring (bicyclic) bond motifs is 2. The molecule has 0 radical (unpaired) electrons. The van der Waals surface area contributed by atoms with E-state index < -0.39 is 5.60 Å². The van der Waals surface area contributed by atoms with E-state index >= 15 is 0 Å². The summed E-state index contributed by atoms with van der Waals surface area (Å²) < 4.78 is 4.96. The summed E-state index contributed by atoms with van der Waals surface area (Å²) in [5, 5.41) is 12.1. The van der Waals surface area contributed by atoms with Gasteiger partial charge in [0.2, 0.25) is 0 Å². The predicted octanol–water partition coefficient (Wildman–Crippen LogP) is 2.12. The molecule has 0 saturated carbocycles. The molecule has 98 valence electrons. The fraction of sp³-hybridized carbons (Fsp3) is 0.692. The number of nitrogens with zero attached hydrogens (tertiary/aromatic N) is 2. The lowest BCUT2D eigenvalue weighted by atomic mass is 9.82. The van der Waals surface area contributed by atoms with E-state index in [1.807, 2.05) is 0 Å². The quantitative estimate of drug-likeness (QED) is 0.888. The normalized spacial score (nSPS) is 35.2. The molecule has 0 amide bonds. The molecular formula is C13H18N2O2S. The SMILES string of the molecule is COc1ncc(C2(O)CC3CCCC(C2)S3)cn1. The molecule has 5 heteroatoms. The van der Waals surface area contributed by atoms with Crippen LogP contribution in [0.4, 0.5) is 0 Å². The molecule has 1 aromatic heterocycles. The van der Waals surface area contributed by atoms with E-state index in [1.54, 1.807) is 19.5 Å². The molecule has 2 fully saturated rings. The summed E-state index contributed by atoms with van der Waals surface area (Å²) >= 11 is 2.05. The molecular weight excluding hydrogens is 248 g/mol. The van der Waals surface area contributed by atoms with Crippen molar-refractivity contribution in [1.29, 1.82) is 0 Å². The highest BCUT2D eigenvalue weighted by Gasteiger charge is 2.42. The van der Waals surface area contributed by atoms with Crippen LogP contribution in [0.3, 0.4) is 0 Å². The summed E-state index contributed by atoms with van der Waals surface area (Å²) in [4.78, 5) is 8.22. The first-order valence-electron chi connectivity index (χ1n) is 6.44. The van der Waals surface area contributed by atoms with Crippen LogP contribution in [0.5, 0.6) is 6.01 Å². The van der Waals surface area contributed by atoms with E-state index in [2.05, 4.69) is 21.7 Å². The minimum Gasteiger partial charge on any atom is -0.467 e. The molecule has 2 atom stereocenters. The summed E-state index contributed by atoms with van der Waals surface area (Å²) in [6.07, 6.45) is 8.81. The van der Waals surface area contributed by atoms with E-state index in [-0.39, 0.29) is 0 Å². The van der Waals surface area contributed by atoms with Crippen molar-refractivity contribution in [1.82, 2.24) is 9.97 Å². The minimum atomic E-state index is -0.743. The maximum absolute atomic E-state index is 10.9. The number of aromatic nitrogens is 2. The molecule has 18 heavy (non-hydrogen) atoms. The van der Waals surface area contributed by atoms with Crippen molar-refractivity contribution < 1.29 is 9.84 Å². The lowest BCUT2D eigenvalue weighted by molar-refractivity contribution is 0.00738. The van der Waals surface area contributed by atoms with Crippen LogP contribution >= 0.6 is 11.8 Å². The topological polar surface area (TPSA) is 55.2 Å². The minimum absolute atomic E-state index is 0.354. The highest BCUT2D eigenvalue weighted by Crippen LogP contribution is 2.49. The van der Waals surface area contributed by atoms with Crippen molar-refractivity contribution in [2.75, 3.05) is 7.11 Å². The Bertz CT molecular complexity index is 412. The van der Waals surface area contributed by atoms with Crippen LogP contribution in [0.1, 0.15) is 37.7 Å². The van der Waals surface area contributed by atoms with Crippen LogP contribution in [0.2, 0.25) is 0 Å². The van der Waals surface area contributed by atoms with Crippen molar-refractivity contribution in [3.8, 4) is 6.01 Å². The largest absolute Gasteiger partial charge is 0.467 e. The Hall–Kier alpha value is -0.810. The third kappa shape index (κ3) is 2.21. The summed E-state index contributed by atoms with van der Waals surface area (Å²) in [6.45, 7) is 0. The fourth-order valence-corrected chi connectivity index (χ4v) is 4.91. The third-order valence-electron chi connectivity index (χ3n) is 3.92. The Morgan fingerprint density at radius 3 is 2.44 bits per heavy atom. The molecule has 3 rings (SSSR count). The molecule has 1 N–H and O–H groups in total. The third-order valence-corrected chi connectivity index (χ3v) is 5.49. The number of hydrogen-bond acceptors (Lipinski definition) is 5. The van der Waals surface area contributed by atoms with Gasteiger partial charge < -0.3 is 9.84 Å². The molecule has 1 aromatic rings. The van der Waals surface area contributed by atoms with Gasteiger partial charge in [-0.3, -0.25) is 0 Å². The molecule has 2 saturated heterocycles. The van der Waals surface area contributed by atoms with Crippen molar-refractivity contribution in [3.05, 3.63) is 18.0 Å². The maximum atomic E-state index is 10.9. The zero-order valence-electron chi connectivity index (χ0n) is 10.5. The van der Waals surface area contributed by atoms with Gasteiger partial charge >= 0.3 is 6.01 Å². The van der Waals surface area contributed by atoms with Crippen LogP contribution in [-0.4, -0.2) is 32.7 Å². The number of thioether (sulfide) groups is 1. The Kier molecular flexibility index (Phi) is 3.20. The molecule has 2 unspecified atom stereocenters. The average molecular weight is 266 g/mol. The average Bonchev–Trinajstić information content (AvgIpc) is 2.38. The highest BCUT2D eigenvalue weighted by atomic mass is 32.2. The lowest BCUT2D eigenvalue weighted by Gasteiger charge is -2.43. The Balaban J connectivity index is 1.84. The van der Waals surface area contributed by atoms with Crippen molar-refractivity contribution in [2.45, 2.75) is 48.2 Å². The van der Waals surface area contributed by atoms with Gasteiger partial charge in [0.15, 0.2) is 0 Å². The second-order valence-electron chi connectivity index (χ2n) is 5.21. The van der Waals surface area contributed by atoms with Gasteiger partial charge in [0.1, 0.15) is 0 Å². The first-order valence-corrected chi connectivity index (χ1v) is 7.38. The van der Waals surface area contributed by atoms with Gasteiger partial charge in [-0.15, -0.1) is 0 Å². The Morgan fingerprint density at radius 2 is 1.89 bits per heavy atom. The number of methoxy groups -OCH3 is 1. The van der Waals surface area contributed by atoms with E-state index in [4.69, 9.17) is 4.74 Å². The van der Waals surface area contributed by atoms with E-state index in [0.717, 1.165) is 18.4 Å². The molecule has 0 aromatic carbocycles. The molecule has 0 spiro atoms. The number of hydrogen-bond donors (Lipinski definition) is 1. The summed E-state index contributed by atoms with van der Waals surface area (Å²) in [5.41, 5.74) is 0.0910. The van der Waals surface area contributed by atoms with Crippen molar-refractivity contribution in [2.24, 2.45) is 0 Å². The van der Waals surface area contributed by atoms with Crippen LogP contribution in [0, 0.1) is 0 Å². The summed E-state index contributed by atoms with van der Waals surface area (Å²) in [5.74, 6) is 0. The van der Waals surface area contributed by atoms with Gasteiger partial charge in [0.05, 0.1) is 12.7 Å². The molecule has 4 nitrogen and oxygen atoms in total. The Morgan fingerprint density at radius 1 is 1.28 bits per heavy atom. The van der Waals surface area contributed by atoms with E-state index in [1.165, 1.54) is 19.3 Å². The smallest absolute Gasteiger partial charge is 0.316 e. The second-order valence-corrected chi connectivity index (χ2v) is 6.81. The standard InChI is InChI=1S/C13H18N2O2S/c1-17-12-14-7-9(8-15-12)13(16)5-10-3-2-4-11(6-13)18-10/h7-8,10-11,16H,2-6H2,1H3. The molecule has 3 heterocycles. The van der Waals surface area contributed by atoms with Crippen LogP contribution in [-0.2, 0) is 5.60 Å². The number of aliphatic hydroxyl groups is 1. The summed E-state index contributed by atoms with van der Waals surface area (Å²) in [7, 11) is 1.55. The highest BCUT2D eigenvalue weighted by molar-refractivity contribution is 8.00. The molecule has 0 aliphatic carbocycles. The summed E-state index contributed by atoms with van der Waals surface area (Å²) in [6, 6.07) is 0.354. The fourth-order valence-electron chi connectivity index (χ4n) is 3.02. The predicted molar refractivity (Wildman–Crippen MR) is 70.7 cm³/mol. The number of rotatable bonds is 2. The first kappa shape index (κ1) is 12.2. The van der Waals surface area contributed by atoms with Gasteiger partial charge in [-0.05, 0) is 25.7 Å². The maximum Gasteiger partial charge on any atom is 0.316 e. The zero-order chi connectivity index (χ0) is 12.6.